The summed E-state index contributed by atoms with van der Waals surface area (Å²) < 4.78 is 1.01. The van der Waals surface area contributed by atoms with Crippen LogP contribution < -0.4 is 5.32 Å². The third kappa shape index (κ3) is 2.02. The predicted octanol–water partition coefficient (Wildman–Crippen LogP) is 4.39. The Balaban J connectivity index is 2.83. The third-order valence-corrected chi connectivity index (χ3v) is 3.32. The zero-order valence-electron chi connectivity index (χ0n) is 9.14. The fraction of sp³-hybridized carbons (Fsp3) is 0.250. The molecular weight excluding hydrogens is 288 g/mol. The summed E-state index contributed by atoms with van der Waals surface area (Å²) in [7, 11) is 0. The van der Waals surface area contributed by atoms with E-state index in [-0.39, 0.29) is 0 Å². The monoisotopic (exact) mass is 298 g/mol. The molecule has 1 aromatic heterocycles. The maximum atomic E-state index is 6.16. The molecule has 0 aliphatic carbocycles. The number of hydrogen-bond donors (Lipinski definition) is 1. The summed E-state index contributed by atoms with van der Waals surface area (Å²) in [4.78, 5) is 4.48. The van der Waals surface area contributed by atoms with Crippen LogP contribution in [0, 0.1) is 6.92 Å². The van der Waals surface area contributed by atoms with Crippen molar-refractivity contribution >= 4 is 44.1 Å². The zero-order valence-corrected chi connectivity index (χ0v) is 11.5. The van der Waals surface area contributed by atoms with Gasteiger partial charge in [0.1, 0.15) is 0 Å². The highest BCUT2D eigenvalue weighted by Gasteiger charge is 2.09. The largest absolute Gasteiger partial charge is 0.385 e. The van der Waals surface area contributed by atoms with E-state index < -0.39 is 0 Å². The van der Waals surface area contributed by atoms with Gasteiger partial charge in [0.15, 0.2) is 0 Å². The number of nitrogens with one attached hydrogen (secondary N) is 1. The second-order valence-electron chi connectivity index (χ2n) is 3.59. The van der Waals surface area contributed by atoms with Crippen LogP contribution >= 0.6 is 27.5 Å². The van der Waals surface area contributed by atoms with Crippen molar-refractivity contribution in [3.05, 3.63) is 33.4 Å². The lowest BCUT2D eigenvalue weighted by molar-refractivity contribution is 1.19. The van der Waals surface area contributed by atoms with E-state index >= 15 is 0 Å². The van der Waals surface area contributed by atoms with Gasteiger partial charge in [-0.05, 0) is 32.0 Å². The van der Waals surface area contributed by atoms with E-state index in [1.54, 1.807) is 0 Å². The molecule has 0 saturated carbocycles. The van der Waals surface area contributed by atoms with Crippen LogP contribution in [0.2, 0.25) is 5.02 Å². The third-order valence-electron chi connectivity index (χ3n) is 2.36. The van der Waals surface area contributed by atoms with Gasteiger partial charge < -0.3 is 5.32 Å². The number of pyridine rings is 1. The topological polar surface area (TPSA) is 24.9 Å². The Kier molecular flexibility index (Phi) is 3.36. The number of rotatable bonds is 2. The maximum absolute atomic E-state index is 6.16. The summed E-state index contributed by atoms with van der Waals surface area (Å²) in [5.41, 5.74) is 2.87. The summed E-state index contributed by atoms with van der Waals surface area (Å²) >= 11 is 9.70. The van der Waals surface area contributed by atoms with Gasteiger partial charge in [-0.1, -0.05) is 27.5 Å². The number of benzene rings is 1. The van der Waals surface area contributed by atoms with Crippen molar-refractivity contribution in [1.82, 2.24) is 4.98 Å². The predicted molar refractivity (Wildman–Crippen MR) is 73.4 cm³/mol. The van der Waals surface area contributed by atoms with Crippen molar-refractivity contribution in [2.24, 2.45) is 0 Å². The second kappa shape index (κ2) is 4.60. The quantitative estimate of drug-likeness (QED) is 0.889. The first kappa shape index (κ1) is 11.7. The van der Waals surface area contributed by atoms with Crippen LogP contribution in [-0.4, -0.2) is 11.5 Å². The molecule has 0 fully saturated rings. The van der Waals surface area contributed by atoms with Crippen LogP contribution in [0.5, 0.6) is 0 Å². The Labute approximate surface area is 108 Å². The molecule has 0 atom stereocenters. The molecule has 1 heterocycles. The molecule has 4 heteroatoms. The Morgan fingerprint density at radius 3 is 2.88 bits per heavy atom. The fourth-order valence-corrected chi connectivity index (χ4v) is 2.46. The van der Waals surface area contributed by atoms with E-state index in [4.69, 9.17) is 11.6 Å². The van der Waals surface area contributed by atoms with Gasteiger partial charge >= 0.3 is 0 Å². The van der Waals surface area contributed by atoms with Crippen molar-refractivity contribution in [1.29, 1.82) is 0 Å². The highest BCUT2D eigenvalue weighted by atomic mass is 79.9. The summed E-state index contributed by atoms with van der Waals surface area (Å²) in [5.74, 6) is 0. The number of nitrogens with zero attached hydrogens (tertiary/aromatic N) is 1. The molecule has 0 aliphatic rings. The first-order valence-corrected chi connectivity index (χ1v) is 6.29. The molecule has 0 saturated heterocycles. The van der Waals surface area contributed by atoms with E-state index in [2.05, 4.69) is 33.2 Å². The number of halogens is 2. The minimum Gasteiger partial charge on any atom is -0.385 e. The van der Waals surface area contributed by atoms with E-state index in [9.17, 15) is 0 Å². The van der Waals surface area contributed by atoms with Crippen LogP contribution in [0.1, 0.15) is 12.6 Å². The Morgan fingerprint density at radius 2 is 2.19 bits per heavy atom. The molecule has 1 aromatic carbocycles. The van der Waals surface area contributed by atoms with E-state index in [1.165, 1.54) is 0 Å². The van der Waals surface area contributed by atoms with Crippen molar-refractivity contribution in [2.45, 2.75) is 13.8 Å². The highest BCUT2D eigenvalue weighted by molar-refractivity contribution is 9.10. The van der Waals surface area contributed by atoms with Gasteiger partial charge in [-0.2, -0.15) is 0 Å². The van der Waals surface area contributed by atoms with Crippen LogP contribution in [0.3, 0.4) is 0 Å². The Hall–Kier alpha value is -0.800. The van der Waals surface area contributed by atoms with Gasteiger partial charge in [0.25, 0.3) is 0 Å². The van der Waals surface area contributed by atoms with Crippen molar-refractivity contribution in [3.8, 4) is 0 Å². The standard InChI is InChI=1S/C12H12BrClN2/c1-3-15-10-6-7(2)16-12-9(14)5-4-8(13)11(10)12/h4-6H,3H2,1-2H3,(H,15,16). The number of hydrogen-bond acceptors (Lipinski definition) is 2. The van der Waals surface area contributed by atoms with E-state index in [0.717, 1.165) is 33.3 Å². The molecule has 0 bridgehead atoms. The number of aryl methyl sites for hydroxylation is 1. The SMILES string of the molecule is CCNc1cc(C)nc2c(Cl)ccc(Br)c12. The lowest BCUT2D eigenvalue weighted by atomic mass is 10.1. The first-order chi connectivity index (χ1) is 7.63. The Morgan fingerprint density at radius 1 is 1.44 bits per heavy atom. The summed E-state index contributed by atoms with van der Waals surface area (Å²) in [5, 5.41) is 5.05. The highest BCUT2D eigenvalue weighted by Crippen LogP contribution is 2.34. The average molecular weight is 300 g/mol. The minimum absolute atomic E-state index is 0.682. The van der Waals surface area contributed by atoms with Crippen molar-refractivity contribution < 1.29 is 0 Å². The molecule has 0 amide bonds. The summed E-state index contributed by atoms with van der Waals surface area (Å²) in [6.45, 7) is 4.91. The fourth-order valence-electron chi connectivity index (χ4n) is 1.73. The molecule has 84 valence electrons. The molecule has 0 unspecified atom stereocenters. The van der Waals surface area contributed by atoms with Crippen LogP contribution in [0.15, 0.2) is 22.7 Å². The number of anilines is 1. The zero-order chi connectivity index (χ0) is 11.7. The van der Waals surface area contributed by atoms with Gasteiger partial charge in [-0.15, -0.1) is 0 Å². The number of fused-ring (bicyclic) bond motifs is 1. The normalized spacial score (nSPS) is 10.8. The van der Waals surface area contributed by atoms with Gasteiger partial charge in [-0.3, -0.25) is 4.98 Å². The molecule has 2 rings (SSSR count). The van der Waals surface area contributed by atoms with Crippen LogP contribution in [0.4, 0.5) is 5.69 Å². The van der Waals surface area contributed by atoms with Gasteiger partial charge in [0, 0.05) is 27.8 Å². The van der Waals surface area contributed by atoms with Crippen molar-refractivity contribution in [3.63, 3.8) is 0 Å². The lowest BCUT2D eigenvalue weighted by Gasteiger charge is -2.11. The molecule has 2 aromatic rings. The molecule has 0 aliphatic heterocycles. The minimum atomic E-state index is 0.682. The summed E-state index contributed by atoms with van der Waals surface area (Å²) in [6, 6.07) is 5.84. The lowest BCUT2D eigenvalue weighted by Crippen LogP contribution is -1.99. The number of aromatic nitrogens is 1. The second-order valence-corrected chi connectivity index (χ2v) is 4.86. The van der Waals surface area contributed by atoms with E-state index in [1.807, 2.05) is 25.1 Å². The first-order valence-electron chi connectivity index (χ1n) is 5.12. The van der Waals surface area contributed by atoms with Gasteiger partial charge in [0.2, 0.25) is 0 Å². The van der Waals surface area contributed by atoms with Gasteiger partial charge in [-0.25, -0.2) is 0 Å². The summed E-state index contributed by atoms with van der Waals surface area (Å²) in [6.07, 6.45) is 0. The Bertz CT molecular complexity index is 540. The van der Waals surface area contributed by atoms with Crippen molar-refractivity contribution in [2.75, 3.05) is 11.9 Å². The maximum Gasteiger partial charge on any atom is 0.0923 e. The smallest absolute Gasteiger partial charge is 0.0923 e. The van der Waals surface area contributed by atoms with Gasteiger partial charge in [0.05, 0.1) is 10.5 Å². The van der Waals surface area contributed by atoms with Crippen LogP contribution in [-0.2, 0) is 0 Å². The van der Waals surface area contributed by atoms with Crippen LogP contribution in [0.25, 0.3) is 10.9 Å². The average Bonchev–Trinajstić information content (AvgIpc) is 2.23. The molecule has 16 heavy (non-hydrogen) atoms. The molecular formula is C12H12BrClN2. The molecule has 0 spiro atoms. The van der Waals surface area contributed by atoms with E-state index in [0.29, 0.717) is 5.02 Å². The molecule has 1 N–H and O–H groups in total. The molecule has 0 radical (unpaired) electrons. The molecule has 2 nitrogen and oxygen atoms in total.